The Morgan fingerprint density at radius 3 is 2.52 bits per heavy atom. The lowest BCUT2D eigenvalue weighted by Crippen LogP contribution is -2.37. The SMILES string of the molecule is Cc1ccccc1NC(=O)CN1C(=O)c2cccc(Cl)c2C1=O. The predicted octanol–water partition coefficient (Wildman–Crippen LogP) is 2.88. The third-order valence-electron chi connectivity index (χ3n) is 3.67. The summed E-state index contributed by atoms with van der Waals surface area (Å²) < 4.78 is 0. The van der Waals surface area contributed by atoms with Crippen molar-refractivity contribution in [2.24, 2.45) is 0 Å². The van der Waals surface area contributed by atoms with Gasteiger partial charge in [0, 0.05) is 5.69 Å². The number of hydrogen-bond acceptors (Lipinski definition) is 3. The highest BCUT2D eigenvalue weighted by atomic mass is 35.5. The molecule has 2 aromatic rings. The maximum Gasteiger partial charge on any atom is 0.263 e. The molecule has 1 aliphatic rings. The normalized spacial score (nSPS) is 13.2. The van der Waals surface area contributed by atoms with Gasteiger partial charge in [0.1, 0.15) is 6.54 Å². The molecule has 0 spiro atoms. The molecule has 3 rings (SSSR count). The van der Waals surface area contributed by atoms with Crippen LogP contribution in [0.25, 0.3) is 0 Å². The van der Waals surface area contributed by atoms with Gasteiger partial charge in [0.15, 0.2) is 0 Å². The van der Waals surface area contributed by atoms with Crippen LogP contribution < -0.4 is 5.32 Å². The summed E-state index contributed by atoms with van der Waals surface area (Å²) in [6, 6.07) is 11.9. The summed E-state index contributed by atoms with van der Waals surface area (Å²) in [6.07, 6.45) is 0. The summed E-state index contributed by atoms with van der Waals surface area (Å²) in [5, 5.41) is 2.91. The van der Waals surface area contributed by atoms with E-state index in [-0.39, 0.29) is 22.7 Å². The molecule has 0 saturated carbocycles. The molecule has 116 valence electrons. The number of carbonyl (C=O) groups is 3. The topological polar surface area (TPSA) is 66.5 Å². The van der Waals surface area contributed by atoms with E-state index in [2.05, 4.69) is 5.32 Å². The fraction of sp³-hybridized carbons (Fsp3) is 0.118. The molecule has 0 bridgehead atoms. The number of nitrogens with zero attached hydrogens (tertiary/aromatic N) is 1. The first-order valence-corrected chi connectivity index (χ1v) is 7.37. The second-order valence-electron chi connectivity index (χ2n) is 5.22. The number of carbonyl (C=O) groups excluding carboxylic acids is 3. The van der Waals surface area contributed by atoms with Crippen molar-refractivity contribution in [3.63, 3.8) is 0 Å². The molecular formula is C17H13ClN2O3. The van der Waals surface area contributed by atoms with Gasteiger partial charge in [0.25, 0.3) is 11.8 Å². The summed E-state index contributed by atoms with van der Waals surface area (Å²) in [5.41, 5.74) is 1.92. The highest BCUT2D eigenvalue weighted by Gasteiger charge is 2.38. The van der Waals surface area contributed by atoms with E-state index in [1.54, 1.807) is 24.3 Å². The van der Waals surface area contributed by atoms with E-state index in [1.165, 1.54) is 6.07 Å². The summed E-state index contributed by atoms with van der Waals surface area (Å²) in [6.45, 7) is 1.51. The molecule has 0 aromatic heterocycles. The third kappa shape index (κ3) is 2.71. The molecule has 3 amide bonds. The van der Waals surface area contributed by atoms with E-state index in [0.717, 1.165) is 10.5 Å². The van der Waals surface area contributed by atoms with Gasteiger partial charge in [-0.15, -0.1) is 0 Å². The lowest BCUT2D eigenvalue weighted by Gasteiger charge is -2.14. The lowest BCUT2D eigenvalue weighted by molar-refractivity contribution is -0.116. The van der Waals surface area contributed by atoms with Crippen molar-refractivity contribution in [3.05, 3.63) is 64.2 Å². The molecule has 0 aliphatic carbocycles. The van der Waals surface area contributed by atoms with Crippen LogP contribution in [0.4, 0.5) is 5.69 Å². The molecule has 0 atom stereocenters. The van der Waals surface area contributed by atoms with Crippen molar-refractivity contribution in [1.82, 2.24) is 4.90 Å². The number of aryl methyl sites for hydroxylation is 1. The first-order valence-electron chi connectivity index (χ1n) is 6.99. The smallest absolute Gasteiger partial charge is 0.263 e. The molecule has 6 heteroatoms. The van der Waals surface area contributed by atoms with Gasteiger partial charge in [-0.2, -0.15) is 0 Å². The number of rotatable bonds is 3. The molecule has 1 aliphatic heterocycles. The Balaban J connectivity index is 1.78. The Morgan fingerprint density at radius 1 is 1.09 bits per heavy atom. The van der Waals surface area contributed by atoms with Gasteiger partial charge in [0.2, 0.25) is 5.91 Å². The Hall–Kier alpha value is -2.66. The number of hydrogen-bond donors (Lipinski definition) is 1. The fourth-order valence-electron chi connectivity index (χ4n) is 2.48. The van der Waals surface area contributed by atoms with Crippen molar-refractivity contribution in [2.75, 3.05) is 11.9 Å². The van der Waals surface area contributed by atoms with Gasteiger partial charge in [-0.1, -0.05) is 35.9 Å². The number of fused-ring (bicyclic) bond motifs is 1. The number of para-hydroxylation sites is 1. The van der Waals surface area contributed by atoms with Crippen molar-refractivity contribution in [1.29, 1.82) is 0 Å². The van der Waals surface area contributed by atoms with Crippen LogP contribution >= 0.6 is 11.6 Å². The third-order valence-corrected chi connectivity index (χ3v) is 3.98. The van der Waals surface area contributed by atoms with E-state index in [4.69, 9.17) is 11.6 Å². The quantitative estimate of drug-likeness (QED) is 0.881. The van der Waals surface area contributed by atoms with Crippen LogP contribution in [0.5, 0.6) is 0 Å². The largest absolute Gasteiger partial charge is 0.324 e. The maximum atomic E-state index is 12.3. The Labute approximate surface area is 137 Å². The molecule has 0 unspecified atom stereocenters. The molecule has 5 nitrogen and oxygen atoms in total. The first-order chi connectivity index (χ1) is 11.0. The number of amides is 3. The Bertz CT molecular complexity index is 832. The monoisotopic (exact) mass is 328 g/mol. The van der Waals surface area contributed by atoms with Gasteiger partial charge < -0.3 is 5.32 Å². The van der Waals surface area contributed by atoms with Gasteiger partial charge in [-0.3, -0.25) is 19.3 Å². The molecule has 0 fully saturated rings. The second-order valence-corrected chi connectivity index (χ2v) is 5.63. The molecule has 1 N–H and O–H groups in total. The zero-order valence-corrected chi connectivity index (χ0v) is 13.1. The fourth-order valence-corrected chi connectivity index (χ4v) is 2.74. The predicted molar refractivity (Wildman–Crippen MR) is 86.6 cm³/mol. The highest BCUT2D eigenvalue weighted by Crippen LogP contribution is 2.28. The lowest BCUT2D eigenvalue weighted by atomic mass is 10.1. The summed E-state index contributed by atoms with van der Waals surface area (Å²) in [4.78, 5) is 37.7. The minimum absolute atomic E-state index is 0.155. The van der Waals surface area contributed by atoms with Gasteiger partial charge >= 0.3 is 0 Å². The Kier molecular flexibility index (Phi) is 3.88. The molecule has 23 heavy (non-hydrogen) atoms. The van der Waals surface area contributed by atoms with Gasteiger partial charge in [0.05, 0.1) is 16.1 Å². The van der Waals surface area contributed by atoms with Gasteiger partial charge in [-0.25, -0.2) is 0 Å². The summed E-state index contributed by atoms with van der Waals surface area (Å²) in [5.74, 6) is -1.49. The average molecular weight is 329 g/mol. The van der Waals surface area contributed by atoms with E-state index < -0.39 is 17.7 Å². The number of halogens is 1. The van der Waals surface area contributed by atoms with Crippen LogP contribution in [0, 0.1) is 6.92 Å². The second kappa shape index (κ2) is 5.85. The first kappa shape index (κ1) is 15.2. The van der Waals surface area contributed by atoms with Crippen LogP contribution in [0.2, 0.25) is 5.02 Å². The van der Waals surface area contributed by atoms with Crippen LogP contribution in [0.3, 0.4) is 0 Å². The highest BCUT2D eigenvalue weighted by molar-refractivity contribution is 6.37. The van der Waals surface area contributed by atoms with Crippen molar-refractivity contribution in [3.8, 4) is 0 Å². The van der Waals surface area contributed by atoms with Crippen molar-refractivity contribution in [2.45, 2.75) is 6.92 Å². The number of benzene rings is 2. The zero-order chi connectivity index (χ0) is 16.6. The van der Waals surface area contributed by atoms with Crippen LogP contribution in [-0.4, -0.2) is 29.2 Å². The van der Waals surface area contributed by atoms with E-state index in [0.29, 0.717) is 5.69 Å². The van der Waals surface area contributed by atoms with Crippen LogP contribution in [0.15, 0.2) is 42.5 Å². The molecule has 0 saturated heterocycles. The van der Waals surface area contributed by atoms with E-state index in [9.17, 15) is 14.4 Å². The van der Waals surface area contributed by atoms with Crippen molar-refractivity contribution < 1.29 is 14.4 Å². The van der Waals surface area contributed by atoms with E-state index in [1.807, 2.05) is 19.1 Å². The zero-order valence-electron chi connectivity index (χ0n) is 12.3. The van der Waals surface area contributed by atoms with Crippen LogP contribution in [0.1, 0.15) is 26.3 Å². The molecule has 0 radical (unpaired) electrons. The molecule has 2 aromatic carbocycles. The average Bonchev–Trinajstić information content (AvgIpc) is 2.76. The number of imide groups is 1. The van der Waals surface area contributed by atoms with Crippen molar-refractivity contribution >= 4 is 35.0 Å². The molecular weight excluding hydrogens is 316 g/mol. The summed E-state index contributed by atoms with van der Waals surface area (Å²) in [7, 11) is 0. The number of nitrogens with one attached hydrogen (secondary N) is 1. The molecule has 1 heterocycles. The number of anilines is 1. The minimum Gasteiger partial charge on any atom is -0.324 e. The van der Waals surface area contributed by atoms with Crippen LogP contribution in [-0.2, 0) is 4.79 Å². The van der Waals surface area contributed by atoms with Gasteiger partial charge in [-0.05, 0) is 30.7 Å². The van der Waals surface area contributed by atoms with E-state index >= 15 is 0 Å². The Morgan fingerprint density at radius 2 is 1.83 bits per heavy atom. The standard InChI is InChI=1S/C17H13ClN2O3/c1-10-5-2-3-8-13(10)19-14(21)9-20-16(22)11-6-4-7-12(18)15(11)17(20)23/h2-8H,9H2,1H3,(H,19,21). The maximum absolute atomic E-state index is 12.3. The summed E-state index contributed by atoms with van der Waals surface area (Å²) >= 11 is 5.98. The minimum atomic E-state index is -0.546.